The summed E-state index contributed by atoms with van der Waals surface area (Å²) in [5.41, 5.74) is 2.16. The Morgan fingerprint density at radius 2 is 1.90 bits per heavy atom. The Hall–Kier alpha value is -1.35. The van der Waals surface area contributed by atoms with E-state index < -0.39 is 0 Å². The van der Waals surface area contributed by atoms with Gasteiger partial charge in [-0.05, 0) is 37.4 Å². The molecule has 0 aliphatic heterocycles. The third kappa shape index (κ3) is 4.57. The minimum atomic E-state index is 0.114. The molecule has 0 heterocycles. The number of nitrogens with zero attached hydrogens (tertiary/aromatic N) is 1. The summed E-state index contributed by atoms with van der Waals surface area (Å²) in [5, 5.41) is 3.08. The van der Waals surface area contributed by atoms with Gasteiger partial charge in [0, 0.05) is 11.7 Å². The van der Waals surface area contributed by atoms with Gasteiger partial charge in [-0.3, -0.25) is 9.69 Å². The van der Waals surface area contributed by atoms with Crippen LogP contribution in [0.2, 0.25) is 0 Å². The number of nitrogens with one attached hydrogen (secondary N) is 1. The fourth-order valence-electron chi connectivity index (χ4n) is 3.27. The number of hydrogen-bond acceptors (Lipinski definition) is 2. The second-order valence-electron chi connectivity index (χ2n) is 5.91. The van der Waals surface area contributed by atoms with E-state index in [2.05, 4.69) is 30.1 Å². The number of rotatable bonds is 6. The fraction of sp³-hybridized carbons (Fsp3) is 0.611. The topological polar surface area (TPSA) is 32.3 Å². The molecule has 0 spiro atoms. The van der Waals surface area contributed by atoms with Crippen LogP contribution in [0.1, 0.15) is 51.5 Å². The van der Waals surface area contributed by atoms with E-state index in [0.717, 1.165) is 18.7 Å². The first-order valence-electron chi connectivity index (χ1n) is 8.36. The summed E-state index contributed by atoms with van der Waals surface area (Å²) in [4.78, 5) is 14.7. The molecular weight excluding hydrogens is 260 g/mol. The largest absolute Gasteiger partial charge is 0.325 e. The van der Waals surface area contributed by atoms with Crippen LogP contribution in [0.5, 0.6) is 0 Å². The molecule has 0 aromatic heterocycles. The van der Waals surface area contributed by atoms with Crippen molar-refractivity contribution in [3.8, 4) is 0 Å². The van der Waals surface area contributed by atoms with E-state index in [4.69, 9.17) is 0 Å². The number of carbonyl (C=O) groups is 1. The van der Waals surface area contributed by atoms with Crippen molar-refractivity contribution in [2.45, 2.75) is 58.4 Å². The number of hydrogen-bond donors (Lipinski definition) is 1. The van der Waals surface area contributed by atoms with Gasteiger partial charge in [-0.1, -0.05) is 51.3 Å². The minimum Gasteiger partial charge on any atom is -0.325 e. The molecule has 0 radical (unpaired) electrons. The fourth-order valence-corrected chi connectivity index (χ4v) is 3.27. The molecule has 0 bridgehead atoms. The summed E-state index contributed by atoms with van der Waals surface area (Å²) < 4.78 is 0. The second-order valence-corrected chi connectivity index (χ2v) is 5.91. The van der Waals surface area contributed by atoms with Crippen LogP contribution in [0.25, 0.3) is 0 Å². The predicted octanol–water partition coefficient (Wildman–Crippen LogP) is 3.84. The van der Waals surface area contributed by atoms with Gasteiger partial charge in [-0.15, -0.1) is 0 Å². The lowest BCUT2D eigenvalue weighted by atomic mass is 9.94. The Balaban J connectivity index is 1.93. The molecule has 1 aromatic carbocycles. The van der Waals surface area contributed by atoms with Crippen LogP contribution in [0.3, 0.4) is 0 Å². The quantitative estimate of drug-likeness (QED) is 0.862. The normalized spacial score (nSPS) is 16.1. The van der Waals surface area contributed by atoms with Crippen molar-refractivity contribution in [2.75, 3.05) is 18.4 Å². The molecule has 2 rings (SSSR count). The number of aryl methyl sites for hydroxylation is 1. The smallest absolute Gasteiger partial charge is 0.238 e. The van der Waals surface area contributed by atoms with Gasteiger partial charge < -0.3 is 5.32 Å². The second kappa shape index (κ2) is 8.18. The molecule has 3 nitrogen and oxygen atoms in total. The molecule has 0 unspecified atom stereocenters. The van der Waals surface area contributed by atoms with Crippen molar-refractivity contribution < 1.29 is 4.79 Å². The van der Waals surface area contributed by atoms with E-state index in [0.29, 0.717) is 12.6 Å². The maximum absolute atomic E-state index is 12.3. The Morgan fingerprint density at radius 1 is 1.19 bits per heavy atom. The zero-order valence-corrected chi connectivity index (χ0v) is 13.4. The van der Waals surface area contributed by atoms with Gasteiger partial charge in [0.2, 0.25) is 5.91 Å². The maximum atomic E-state index is 12.3. The van der Waals surface area contributed by atoms with Crippen LogP contribution in [0.15, 0.2) is 24.3 Å². The molecule has 1 saturated carbocycles. The first-order valence-corrected chi connectivity index (χ1v) is 8.36. The standard InChI is InChI=1S/C18H28N2O/c1-3-15-10-8-9-13-17(15)19-18(21)14-20(4-2)16-11-6-5-7-12-16/h8-10,13,16H,3-7,11-12,14H2,1-2H3,(H,19,21). The number of amides is 1. The molecule has 1 aliphatic rings. The van der Waals surface area contributed by atoms with Crippen LogP contribution >= 0.6 is 0 Å². The van der Waals surface area contributed by atoms with Crippen molar-refractivity contribution in [3.63, 3.8) is 0 Å². The molecule has 3 heteroatoms. The number of anilines is 1. The Morgan fingerprint density at radius 3 is 2.57 bits per heavy atom. The number of para-hydroxylation sites is 1. The van der Waals surface area contributed by atoms with Crippen LogP contribution in [-0.2, 0) is 11.2 Å². The van der Waals surface area contributed by atoms with Crippen molar-refractivity contribution >= 4 is 11.6 Å². The molecule has 1 aliphatic carbocycles. The van der Waals surface area contributed by atoms with Gasteiger partial charge in [-0.25, -0.2) is 0 Å². The molecule has 21 heavy (non-hydrogen) atoms. The number of carbonyl (C=O) groups excluding carboxylic acids is 1. The third-order valence-corrected chi connectivity index (χ3v) is 4.52. The zero-order valence-electron chi connectivity index (χ0n) is 13.4. The molecule has 0 saturated heterocycles. The monoisotopic (exact) mass is 288 g/mol. The van der Waals surface area contributed by atoms with Gasteiger partial charge in [0.25, 0.3) is 0 Å². The SMILES string of the molecule is CCc1ccccc1NC(=O)CN(CC)C1CCCCC1. The summed E-state index contributed by atoms with van der Waals surface area (Å²) in [6.45, 7) is 5.74. The highest BCUT2D eigenvalue weighted by Gasteiger charge is 2.21. The summed E-state index contributed by atoms with van der Waals surface area (Å²) >= 11 is 0. The van der Waals surface area contributed by atoms with Gasteiger partial charge >= 0.3 is 0 Å². The Bertz CT molecular complexity index is 452. The van der Waals surface area contributed by atoms with E-state index in [9.17, 15) is 4.79 Å². The summed E-state index contributed by atoms with van der Waals surface area (Å²) in [5.74, 6) is 0.114. The average molecular weight is 288 g/mol. The lowest BCUT2D eigenvalue weighted by molar-refractivity contribution is -0.118. The zero-order chi connectivity index (χ0) is 15.1. The maximum Gasteiger partial charge on any atom is 0.238 e. The Labute approximate surface area is 128 Å². The highest BCUT2D eigenvalue weighted by molar-refractivity contribution is 5.93. The van der Waals surface area contributed by atoms with Gasteiger partial charge in [0.1, 0.15) is 0 Å². The van der Waals surface area contributed by atoms with Gasteiger partial charge in [-0.2, -0.15) is 0 Å². The van der Waals surface area contributed by atoms with E-state index >= 15 is 0 Å². The van der Waals surface area contributed by atoms with Gasteiger partial charge in [0.15, 0.2) is 0 Å². The van der Waals surface area contributed by atoms with Crippen LogP contribution in [0.4, 0.5) is 5.69 Å². The molecule has 1 fully saturated rings. The summed E-state index contributed by atoms with van der Waals surface area (Å²) in [6, 6.07) is 8.67. The minimum absolute atomic E-state index is 0.114. The first-order chi connectivity index (χ1) is 10.2. The number of likely N-dealkylation sites (N-methyl/N-ethyl adjacent to an activating group) is 1. The first kappa shape index (κ1) is 16.0. The van der Waals surface area contributed by atoms with Crippen molar-refractivity contribution in [2.24, 2.45) is 0 Å². The third-order valence-electron chi connectivity index (χ3n) is 4.52. The number of benzene rings is 1. The highest BCUT2D eigenvalue weighted by atomic mass is 16.2. The van der Waals surface area contributed by atoms with Crippen LogP contribution in [0, 0.1) is 0 Å². The van der Waals surface area contributed by atoms with Crippen LogP contribution in [-0.4, -0.2) is 29.9 Å². The molecule has 0 atom stereocenters. The van der Waals surface area contributed by atoms with E-state index in [-0.39, 0.29) is 5.91 Å². The molecule has 1 aromatic rings. The highest BCUT2D eigenvalue weighted by Crippen LogP contribution is 2.22. The summed E-state index contributed by atoms with van der Waals surface area (Å²) in [6.07, 6.45) is 7.39. The molecule has 1 N–H and O–H groups in total. The lowest BCUT2D eigenvalue weighted by Gasteiger charge is -2.33. The van der Waals surface area contributed by atoms with Gasteiger partial charge in [0.05, 0.1) is 6.54 Å². The van der Waals surface area contributed by atoms with E-state index in [1.807, 2.05) is 18.2 Å². The summed E-state index contributed by atoms with van der Waals surface area (Å²) in [7, 11) is 0. The Kier molecular flexibility index (Phi) is 6.24. The average Bonchev–Trinajstić information content (AvgIpc) is 2.54. The van der Waals surface area contributed by atoms with Crippen LogP contribution < -0.4 is 5.32 Å². The van der Waals surface area contributed by atoms with E-state index in [1.54, 1.807) is 0 Å². The van der Waals surface area contributed by atoms with Crippen molar-refractivity contribution in [1.82, 2.24) is 4.90 Å². The van der Waals surface area contributed by atoms with Crippen molar-refractivity contribution in [1.29, 1.82) is 0 Å². The molecule has 116 valence electrons. The lowest BCUT2D eigenvalue weighted by Crippen LogP contribution is -2.41. The van der Waals surface area contributed by atoms with E-state index in [1.165, 1.54) is 37.7 Å². The predicted molar refractivity (Wildman–Crippen MR) is 88.6 cm³/mol. The molecular formula is C18H28N2O. The molecule has 1 amide bonds. The van der Waals surface area contributed by atoms with Crippen molar-refractivity contribution in [3.05, 3.63) is 29.8 Å².